The van der Waals surface area contributed by atoms with Gasteiger partial charge in [-0.05, 0) is 49.7 Å². The first kappa shape index (κ1) is 17.0. The van der Waals surface area contributed by atoms with Crippen molar-refractivity contribution < 1.29 is 14.3 Å². The van der Waals surface area contributed by atoms with Crippen LogP contribution in [0.15, 0.2) is 6.07 Å². The molecule has 0 saturated heterocycles. The molecular formula is C17H25NO3S. The van der Waals surface area contributed by atoms with E-state index in [-0.39, 0.29) is 11.9 Å². The summed E-state index contributed by atoms with van der Waals surface area (Å²) in [6, 6.07) is 2.07. The number of fused-ring (bicyclic) bond motifs is 1. The largest absolute Gasteiger partial charge is 0.469 e. The fourth-order valence-corrected chi connectivity index (χ4v) is 3.90. The number of aryl methyl sites for hydroxylation is 1. The molecule has 0 aromatic carbocycles. The number of rotatable bonds is 7. The lowest BCUT2D eigenvalue weighted by molar-refractivity contribution is -0.140. The maximum absolute atomic E-state index is 12.2. The molecule has 0 saturated carbocycles. The first-order valence-electron chi connectivity index (χ1n) is 8.06. The van der Waals surface area contributed by atoms with Gasteiger partial charge in [0.05, 0.1) is 12.0 Å². The zero-order chi connectivity index (χ0) is 15.9. The van der Waals surface area contributed by atoms with E-state index < -0.39 is 0 Å². The molecule has 1 aliphatic rings. The molecule has 2 rings (SSSR count). The minimum absolute atomic E-state index is 0.0417. The number of nitrogens with one attached hydrogen (secondary N) is 1. The van der Waals surface area contributed by atoms with Gasteiger partial charge >= 0.3 is 5.97 Å². The Hall–Kier alpha value is -1.36. The Balaban J connectivity index is 1.68. The van der Waals surface area contributed by atoms with E-state index in [0.717, 1.165) is 42.9 Å². The molecule has 0 radical (unpaired) electrons. The summed E-state index contributed by atoms with van der Waals surface area (Å²) >= 11 is 1.65. The van der Waals surface area contributed by atoms with Crippen LogP contribution < -0.4 is 5.32 Å². The standard InChI is InChI=1S/C17H25NO3S/c1-12-7-8-14-13(10-12)11-15(22-14)17(20)18-9-5-3-4-6-16(19)21-2/h11-12H,3-10H2,1-2H3,(H,18,20)/t12-/m1/s1. The van der Waals surface area contributed by atoms with Gasteiger partial charge in [-0.15, -0.1) is 11.3 Å². The number of esters is 1. The molecule has 0 spiro atoms. The number of carbonyl (C=O) groups excluding carboxylic acids is 2. The van der Waals surface area contributed by atoms with E-state index in [4.69, 9.17) is 0 Å². The molecule has 0 unspecified atom stereocenters. The van der Waals surface area contributed by atoms with E-state index in [1.807, 2.05) is 0 Å². The van der Waals surface area contributed by atoms with Crippen molar-refractivity contribution in [3.63, 3.8) is 0 Å². The zero-order valence-electron chi connectivity index (χ0n) is 13.4. The SMILES string of the molecule is COC(=O)CCCCCNC(=O)c1cc2c(s1)CC[C@@H](C)C2. The van der Waals surface area contributed by atoms with E-state index in [0.29, 0.717) is 13.0 Å². The van der Waals surface area contributed by atoms with E-state index in [9.17, 15) is 9.59 Å². The number of unbranched alkanes of at least 4 members (excludes halogenated alkanes) is 2. The third-order valence-corrected chi connectivity index (χ3v) is 5.36. The van der Waals surface area contributed by atoms with Crippen LogP contribution in [0.1, 0.15) is 59.1 Å². The lowest BCUT2D eigenvalue weighted by Crippen LogP contribution is -2.23. The summed E-state index contributed by atoms with van der Waals surface area (Å²) < 4.78 is 4.59. The Kier molecular flexibility index (Phi) is 6.43. The first-order chi connectivity index (χ1) is 10.6. The van der Waals surface area contributed by atoms with Crippen molar-refractivity contribution in [3.8, 4) is 0 Å². The molecule has 0 fully saturated rings. The molecule has 1 atom stereocenters. The number of methoxy groups -OCH3 is 1. The molecule has 0 bridgehead atoms. The highest BCUT2D eigenvalue weighted by Gasteiger charge is 2.20. The fraction of sp³-hybridized carbons (Fsp3) is 0.647. The molecule has 4 nitrogen and oxygen atoms in total. The topological polar surface area (TPSA) is 55.4 Å². The van der Waals surface area contributed by atoms with Crippen molar-refractivity contribution in [2.24, 2.45) is 5.92 Å². The van der Waals surface area contributed by atoms with Crippen molar-refractivity contribution >= 4 is 23.2 Å². The summed E-state index contributed by atoms with van der Waals surface area (Å²) in [6.45, 7) is 2.94. The molecule has 1 N–H and O–H groups in total. The smallest absolute Gasteiger partial charge is 0.305 e. The van der Waals surface area contributed by atoms with Gasteiger partial charge in [0, 0.05) is 17.8 Å². The van der Waals surface area contributed by atoms with Gasteiger partial charge in [-0.3, -0.25) is 9.59 Å². The molecule has 5 heteroatoms. The van der Waals surface area contributed by atoms with Crippen molar-refractivity contribution in [3.05, 3.63) is 21.4 Å². The van der Waals surface area contributed by atoms with Crippen LogP contribution in [-0.2, 0) is 22.4 Å². The van der Waals surface area contributed by atoms with Gasteiger partial charge in [-0.1, -0.05) is 13.3 Å². The van der Waals surface area contributed by atoms with E-state index >= 15 is 0 Å². The lowest BCUT2D eigenvalue weighted by atomic mass is 9.90. The maximum Gasteiger partial charge on any atom is 0.305 e. The highest BCUT2D eigenvalue weighted by Crippen LogP contribution is 2.32. The van der Waals surface area contributed by atoms with E-state index in [1.54, 1.807) is 11.3 Å². The van der Waals surface area contributed by atoms with Crippen molar-refractivity contribution in [1.82, 2.24) is 5.32 Å². The van der Waals surface area contributed by atoms with Gasteiger partial charge in [0.25, 0.3) is 5.91 Å². The van der Waals surface area contributed by atoms with Gasteiger partial charge in [-0.2, -0.15) is 0 Å². The number of thiophene rings is 1. The summed E-state index contributed by atoms with van der Waals surface area (Å²) in [6.07, 6.45) is 6.54. The fourth-order valence-electron chi connectivity index (χ4n) is 2.78. The minimum atomic E-state index is -0.164. The molecule has 1 amide bonds. The third kappa shape index (κ3) is 4.83. The monoisotopic (exact) mass is 323 g/mol. The summed E-state index contributed by atoms with van der Waals surface area (Å²) in [5.41, 5.74) is 1.37. The number of carbonyl (C=O) groups is 2. The lowest BCUT2D eigenvalue weighted by Gasteiger charge is -2.16. The van der Waals surface area contributed by atoms with Crippen molar-refractivity contribution in [1.29, 1.82) is 0 Å². The van der Waals surface area contributed by atoms with Crippen LogP contribution in [-0.4, -0.2) is 25.5 Å². The Morgan fingerprint density at radius 1 is 1.36 bits per heavy atom. The molecule has 1 aromatic rings. The van der Waals surface area contributed by atoms with Crippen LogP contribution in [0, 0.1) is 5.92 Å². The normalized spacial score (nSPS) is 16.9. The average molecular weight is 323 g/mol. The van der Waals surface area contributed by atoms with E-state index in [1.165, 1.54) is 24.0 Å². The maximum atomic E-state index is 12.2. The van der Waals surface area contributed by atoms with Crippen molar-refractivity contribution in [2.75, 3.05) is 13.7 Å². The second-order valence-electron chi connectivity index (χ2n) is 6.05. The van der Waals surface area contributed by atoms with Crippen LogP contribution in [0.3, 0.4) is 0 Å². The summed E-state index contributed by atoms with van der Waals surface area (Å²) in [5.74, 6) is 0.607. The average Bonchev–Trinajstić information content (AvgIpc) is 2.93. The number of amides is 1. The van der Waals surface area contributed by atoms with Crippen molar-refractivity contribution in [2.45, 2.75) is 51.9 Å². The Bertz CT molecular complexity index is 524. The Morgan fingerprint density at radius 3 is 2.95 bits per heavy atom. The summed E-state index contributed by atoms with van der Waals surface area (Å²) in [7, 11) is 1.41. The Morgan fingerprint density at radius 2 is 2.18 bits per heavy atom. The molecule has 0 aliphatic heterocycles. The summed E-state index contributed by atoms with van der Waals surface area (Å²) in [4.78, 5) is 25.4. The van der Waals surface area contributed by atoms with Gasteiger partial charge in [-0.25, -0.2) is 0 Å². The van der Waals surface area contributed by atoms with Gasteiger partial charge in [0.15, 0.2) is 0 Å². The second-order valence-corrected chi connectivity index (χ2v) is 7.19. The molecule has 1 aliphatic carbocycles. The number of ether oxygens (including phenoxy) is 1. The predicted octanol–water partition coefficient (Wildman–Crippen LogP) is 3.34. The number of hydrogen-bond acceptors (Lipinski definition) is 4. The molecule has 1 aromatic heterocycles. The highest BCUT2D eigenvalue weighted by molar-refractivity contribution is 7.14. The summed E-state index contributed by atoms with van der Waals surface area (Å²) in [5, 5.41) is 2.98. The molecule has 1 heterocycles. The van der Waals surface area contributed by atoms with Crippen LogP contribution >= 0.6 is 11.3 Å². The van der Waals surface area contributed by atoms with Gasteiger partial charge < -0.3 is 10.1 Å². The van der Waals surface area contributed by atoms with Gasteiger partial charge in [0.1, 0.15) is 0 Å². The van der Waals surface area contributed by atoms with Crippen LogP contribution in [0.4, 0.5) is 0 Å². The van der Waals surface area contributed by atoms with Crippen LogP contribution in [0.5, 0.6) is 0 Å². The zero-order valence-corrected chi connectivity index (χ0v) is 14.3. The number of hydrogen-bond donors (Lipinski definition) is 1. The first-order valence-corrected chi connectivity index (χ1v) is 8.88. The second kappa shape index (κ2) is 8.32. The highest BCUT2D eigenvalue weighted by atomic mass is 32.1. The third-order valence-electron chi connectivity index (χ3n) is 4.12. The Labute approximate surface area is 136 Å². The van der Waals surface area contributed by atoms with Crippen LogP contribution in [0.25, 0.3) is 0 Å². The van der Waals surface area contributed by atoms with E-state index in [2.05, 4.69) is 23.0 Å². The van der Waals surface area contributed by atoms with Gasteiger partial charge in [0.2, 0.25) is 0 Å². The molecular weight excluding hydrogens is 298 g/mol. The van der Waals surface area contributed by atoms with Crippen LogP contribution in [0.2, 0.25) is 0 Å². The minimum Gasteiger partial charge on any atom is -0.469 e. The molecule has 22 heavy (non-hydrogen) atoms. The predicted molar refractivity (Wildman–Crippen MR) is 88.3 cm³/mol. The molecule has 122 valence electrons. The quantitative estimate of drug-likeness (QED) is 0.618.